The van der Waals surface area contributed by atoms with Gasteiger partial charge in [-0.3, -0.25) is 0 Å². The van der Waals surface area contributed by atoms with E-state index in [1.165, 1.54) is 0 Å². The van der Waals surface area contributed by atoms with Crippen LogP contribution >= 0.6 is 0 Å². The maximum absolute atomic E-state index is 12.0. The van der Waals surface area contributed by atoms with Gasteiger partial charge in [0.25, 0.3) is 0 Å². The first-order valence-corrected chi connectivity index (χ1v) is 8.71. The third-order valence-corrected chi connectivity index (χ3v) is 4.38. The van der Waals surface area contributed by atoms with E-state index in [1.54, 1.807) is 19.2 Å². The van der Waals surface area contributed by atoms with Crippen molar-refractivity contribution in [1.29, 1.82) is 0 Å². The van der Waals surface area contributed by atoms with Crippen LogP contribution in [-0.2, 0) is 27.7 Å². The molecule has 2 aromatic rings. The topological polar surface area (TPSA) is 52.6 Å². The SMILES string of the molecule is COCCc1ccc(OS(=O)(=O)CCc2ccccc2)cc1. The summed E-state index contributed by atoms with van der Waals surface area (Å²) in [6.07, 6.45) is 1.23. The second kappa shape index (κ2) is 7.96. The van der Waals surface area contributed by atoms with Crippen LogP contribution in [0.4, 0.5) is 0 Å². The van der Waals surface area contributed by atoms with Crippen molar-refractivity contribution in [3.63, 3.8) is 0 Å². The van der Waals surface area contributed by atoms with Gasteiger partial charge >= 0.3 is 10.1 Å². The van der Waals surface area contributed by atoms with Gasteiger partial charge in [-0.1, -0.05) is 42.5 Å². The van der Waals surface area contributed by atoms with Crippen molar-refractivity contribution < 1.29 is 17.3 Å². The Morgan fingerprint density at radius 3 is 2.14 bits per heavy atom. The summed E-state index contributed by atoms with van der Waals surface area (Å²) in [6.45, 7) is 0.635. The minimum Gasteiger partial charge on any atom is -0.384 e. The Bertz CT molecular complexity index is 664. The lowest BCUT2D eigenvalue weighted by molar-refractivity contribution is 0.202. The number of rotatable bonds is 8. The van der Waals surface area contributed by atoms with Crippen LogP contribution < -0.4 is 4.18 Å². The molecule has 0 unspecified atom stereocenters. The van der Waals surface area contributed by atoms with Crippen molar-refractivity contribution in [2.75, 3.05) is 19.5 Å². The lowest BCUT2D eigenvalue weighted by atomic mass is 10.1. The largest absolute Gasteiger partial charge is 0.384 e. The van der Waals surface area contributed by atoms with Crippen LogP contribution in [0.2, 0.25) is 0 Å². The lowest BCUT2D eigenvalue weighted by Crippen LogP contribution is -2.15. The first-order chi connectivity index (χ1) is 10.6. The van der Waals surface area contributed by atoms with E-state index in [9.17, 15) is 8.42 Å². The number of benzene rings is 2. The maximum atomic E-state index is 12.0. The minimum atomic E-state index is -3.59. The fraction of sp³-hybridized carbons (Fsp3) is 0.294. The first-order valence-electron chi connectivity index (χ1n) is 7.13. The van der Waals surface area contributed by atoms with Crippen LogP contribution in [0.5, 0.6) is 5.75 Å². The van der Waals surface area contributed by atoms with Gasteiger partial charge in [-0.2, -0.15) is 8.42 Å². The predicted molar refractivity (Wildman–Crippen MR) is 86.6 cm³/mol. The van der Waals surface area contributed by atoms with E-state index in [1.807, 2.05) is 42.5 Å². The van der Waals surface area contributed by atoms with Crippen LogP contribution in [0, 0.1) is 0 Å². The van der Waals surface area contributed by atoms with Crippen LogP contribution in [0.1, 0.15) is 11.1 Å². The van der Waals surface area contributed by atoms with E-state index in [0.717, 1.165) is 17.5 Å². The van der Waals surface area contributed by atoms with Crippen molar-refractivity contribution in [3.05, 3.63) is 65.7 Å². The Hall–Kier alpha value is -1.85. The molecule has 0 aliphatic rings. The molecule has 0 fully saturated rings. The average Bonchev–Trinajstić information content (AvgIpc) is 2.53. The highest BCUT2D eigenvalue weighted by atomic mass is 32.2. The molecule has 22 heavy (non-hydrogen) atoms. The standard InChI is InChI=1S/C17H20O4S/c1-20-13-11-16-7-9-17(10-8-16)21-22(18,19)14-12-15-5-3-2-4-6-15/h2-10H,11-14H2,1H3. The van der Waals surface area contributed by atoms with E-state index in [2.05, 4.69) is 0 Å². The second-order valence-corrected chi connectivity index (χ2v) is 6.66. The van der Waals surface area contributed by atoms with Gasteiger partial charge in [0.15, 0.2) is 0 Å². The highest BCUT2D eigenvalue weighted by Gasteiger charge is 2.13. The Labute approximate surface area is 131 Å². The van der Waals surface area contributed by atoms with Gasteiger partial charge in [-0.05, 0) is 36.1 Å². The molecular weight excluding hydrogens is 300 g/mol. The van der Waals surface area contributed by atoms with Crippen LogP contribution in [-0.4, -0.2) is 27.9 Å². The molecule has 0 amide bonds. The third kappa shape index (κ3) is 5.50. The summed E-state index contributed by atoms with van der Waals surface area (Å²) >= 11 is 0. The summed E-state index contributed by atoms with van der Waals surface area (Å²) in [5, 5.41) is 0. The van der Waals surface area contributed by atoms with Crippen molar-refractivity contribution >= 4 is 10.1 Å². The van der Waals surface area contributed by atoms with Crippen LogP contribution in [0.3, 0.4) is 0 Å². The number of aryl methyl sites for hydroxylation is 1. The molecule has 0 radical (unpaired) electrons. The summed E-state index contributed by atoms with van der Waals surface area (Å²) in [4.78, 5) is 0. The summed E-state index contributed by atoms with van der Waals surface area (Å²) in [5.41, 5.74) is 2.06. The number of methoxy groups -OCH3 is 1. The Kier molecular flexibility index (Phi) is 5.98. The molecule has 5 heteroatoms. The zero-order valence-corrected chi connectivity index (χ0v) is 13.4. The normalized spacial score (nSPS) is 11.3. The highest BCUT2D eigenvalue weighted by Crippen LogP contribution is 2.15. The van der Waals surface area contributed by atoms with Crippen molar-refractivity contribution in [2.45, 2.75) is 12.8 Å². The molecule has 0 bridgehead atoms. The average molecular weight is 320 g/mol. The molecular formula is C17H20O4S. The molecule has 0 spiro atoms. The Morgan fingerprint density at radius 2 is 1.50 bits per heavy atom. The van der Waals surface area contributed by atoms with E-state index in [4.69, 9.17) is 8.92 Å². The fourth-order valence-electron chi connectivity index (χ4n) is 2.01. The highest BCUT2D eigenvalue weighted by molar-refractivity contribution is 7.87. The summed E-state index contributed by atoms with van der Waals surface area (Å²) < 4.78 is 34.1. The van der Waals surface area contributed by atoms with E-state index < -0.39 is 10.1 Å². The number of hydrogen-bond acceptors (Lipinski definition) is 4. The van der Waals surface area contributed by atoms with Gasteiger partial charge < -0.3 is 8.92 Å². The predicted octanol–water partition coefficient (Wildman–Crippen LogP) is 2.83. The first kappa shape index (κ1) is 16.5. The number of ether oxygens (including phenoxy) is 1. The van der Waals surface area contributed by atoms with Gasteiger partial charge in [0.05, 0.1) is 12.4 Å². The van der Waals surface area contributed by atoms with Crippen molar-refractivity contribution in [1.82, 2.24) is 0 Å². The van der Waals surface area contributed by atoms with Gasteiger partial charge in [0.2, 0.25) is 0 Å². The minimum absolute atomic E-state index is 0.0392. The summed E-state index contributed by atoms with van der Waals surface area (Å²) in [6, 6.07) is 16.5. The van der Waals surface area contributed by atoms with E-state index >= 15 is 0 Å². The summed E-state index contributed by atoms with van der Waals surface area (Å²) in [7, 11) is -1.94. The monoisotopic (exact) mass is 320 g/mol. The summed E-state index contributed by atoms with van der Waals surface area (Å²) in [5.74, 6) is 0.303. The zero-order valence-electron chi connectivity index (χ0n) is 12.6. The molecule has 0 heterocycles. The zero-order chi connectivity index (χ0) is 15.8. The molecule has 4 nitrogen and oxygen atoms in total. The molecule has 118 valence electrons. The Balaban J connectivity index is 1.91. The fourth-order valence-corrected chi connectivity index (χ4v) is 2.98. The van der Waals surface area contributed by atoms with Crippen LogP contribution in [0.25, 0.3) is 0 Å². The molecule has 2 aromatic carbocycles. The van der Waals surface area contributed by atoms with Gasteiger partial charge in [0.1, 0.15) is 5.75 Å². The molecule has 0 saturated carbocycles. The molecule has 0 aromatic heterocycles. The molecule has 2 rings (SSSR count). The quantitative estimate of drug-likeness (QED) is 0.702. The number of hydrogen-bond donors (Lipinski definition) is 0. The van der Waals surface area contributed by atoms with E-state index in [0.29, 0.717) is 18.8 Å². The Morgan fingerprint density at radius 1 is 0.864 bits per heavy atom. The smallest absolute Gasteiger partial charge is 0.309 e. The van der Waals surface area contributed by atoms with Crippen molar-refractivity contribution in [3.8, 4) is 5.75 Å². The lowest BCUT2D eigenvalue weighted by Gasteiger charge is -2.08. The maximum Gasteiger partial charge on any atom is 0.309 e. The molecule has 0 aliphatic heterocycles. The molecule has 0 saturated heterocycles. The van der Waals surface area contributed by atoms with Crippen molar-refractivity contribution in [2.24, 2.45) is 0 Å². The van der Waals surface area contributed by atoms with Gasteiger partial charge in [0, 0.05) is 7.11 Å². The second-order valence-electron chi connectivity index (χ2n) is 4.97. The van der Waals surface area contributed by atoms with Crippen LogP contribution in [0.15, 0.2) is 54.6 Å². The molecule has 0 atom stereocenters. The molecule has 0 aliphatic carbocycles. The third-order valence-electron chi connectivity index (χ3n) is 3.22. The van der Waals surface area contributed by atoms with E-state index in [-0.39, 0.29) is 5.75 Å². The van der Waals surface area contributed by atoms with Gasteiger partial charge in [-0.15, -0.1) is 0 Å². The van der Waals surface area contributed by atoms with Gasteiger partial charge in [-0.25, -0.2) is 0 Å². The molecule has 0 N–H and O–H groups in total.